The fraction of sp³-hybridized carbons (Fsp3) is 0.250. The van der Waals surface area contributed by atoms with Crippen molar-refractivity contribution in [3.05, 3.63) is 64.4 Å². The van der Waals surface area contributed by atoms with Crippen molar-refractivity contribution in [1.29, 1.82) is 0 Å². The van der Waals surface area contributed by atoms with Crippen LogP contribution in [0.5, 0.6) is 0 Å². The first kappa shape index (κ1) is 12.5. The normalized spacial score (nSPS) is 14.4. The van der Waals surface area contributed by atoms with Crippen molar-refractivity contribution in [2.45, 2.75) is 25.3 Å². The molecule has 1 aliphatic carbocycles. The van der Waals surface area contributed by atoms with Crippen LogP contribution in [0.3, 0.4) is 0 Å². The second-order valence-corrected chi connectivity index (χ2v) is 5.47. The summed E-state index contributed by atoms with van der Waals surface area (Å²) in [5.74, 6) is 0.435. The molecule has 0 radical (unpaired) electrons. The summed E-state index contributed by atoms with van der Waals surface area (Å²) in [6, 6.07) is 13.1. The molecule has 1 fully saturated rings. The van der Waals surface area contributed by atoms with Gasteiger partial charge in [-0.3, -0.25) is 0 Å². The number of rotatable bonds is 4. The molecule has 0 unspecified atom stereocenters. The molecule has 2 aromatic rings. The molecule has 1 aliphatic rings. The van der Waals surface area contributed by atoms with E-state index in [0.29, 0.717) is 17.3 Å². The SMILES string of the molecule is Fc1cc(Cl)cc(NCc2cccc(C3CC3)c2)c1. The van der Waals surface area contributed by atoms with E-state index < -0.39 is 0 Å². The van der Waals surface area contributed by atoms with E-state index in [-0.39, 0.29) is 5.82 Å². The Hall–Kier alpha value is -1.54. The Morgan fingerprint density at radius 2 is 2.00 bits per heavy atom. The Balaban J connectivity index is 1.69. The van der Waals surface area contributed by atoms with Crippen LogP contribution in [0.4, 0.5) is 10.1 Å². The molecule has 3 heteroatoms. The summed E-state index contributed by atoms with van der Waals surface area (Å²) in [5, 5.41) is 3.62. The van der Waals surface area contributed by atoms with Gasteiger partial charge in [0.15, 0.2) is 0 Å². The number of nitrogens with one attached hydrogen (secondary N) is 1. The van der Waals surface area contributed by atoms with Gasteiger partial charge in [0.1, 0.15) is 5.82 Å². The van der Waals surface area contributed by atoms with E-state index >= 15 is 0 Å². The predicted molar refractivity (Wildman–Crippen MR) is 77.2 cm³/mol. The third-order valence-electron chi connectivity index (χ3n) is 3.36. The maximum Gasteiger partial charge on any atom is 0.126 e. The second kappa shape index (κ2) is 5.22. The summed E-state index contributed by atoms with van der Waals surface area (Å²) in [4.78, 5) is 0. The number of halogens is 2. The van der Waals surface area contributed by atoms with Gasteiger partial charge < -0.3 is 5.32 Å². The van der Waals surface area contributed by atoms with Crippen molar-refractivity contribution in [3.63, 3.8) is 0 Å². The standard InChI is InChI=1S/C16H15ClFN/c17-14-7-15(18)9-16(8-14)19-10-11-2-1-3-13(6-11)12-4-5-12/h1-3,6-9,12,19H,4-5,10H2. The molecule has 0 aliphatic heterocycles. The van der Waals surface area contributed by atoms with Crippen LogP contribution in [0.1, 0.15) is 29.9 Å². The molecule has 0 spiro atoms. The third kappa shape index (κ3) is 3.27. The quantitative estimate of drug-likeness (QED) is 0.831. The largest absolute Gasteiger partial charge is 0.381 e. The first-order valence-corrected chi connectivity index (χ1v) is 6.87. The molecule has 0 amide bonds. The van der Waals surface area contributed by atoms with Crippen LogP contribution in [-0.2, 0) is 6.54 Å². The first-order chi connectivity index (χ1) is 9.20. The minimum Gasteiger partial charge on any atom is -0.381 e. The van der Waals surface area contributed by atoms with E-state index in [1.807, 2.05) is 0 Å². The van der Waals surface area contributed by atoms with Crippen molar-refractivity contribution >= 4 is 17.3 Å². The Morgan fingerprint density at radius 3 is 2.74 bits per heavy atom. The van der Waals surface area contributed by atoms with Crippen LogP contribution < -0.4 is 5.32 Å². The van der Waals surface area contributed by atoms with E-state index in [1.54, 1.807) is 6.07 Å². The lowest BCUT2D eigenvalue weighted by atomic mass is 10.1. The highest BCUT2D eigenvalue weighted by atomic mass is 35.5. The van der Waals surface area contributed by atoms with Gasteiger partial charge in [0.25, 0.3) is 0 Å². The van der Waals surface area contributed by atoms with Crippen molar-refractivity contribution in [2.75, 3.05) is 5.32 Å². The van der Waals surface area contributed by atoms with Crippen molar-refractivity contribution < 1.29 is 4.39 Å². The van der Waals surface area contributed by atoms with Gasteiger partial charge in [-0.25, -0.2) is 4.39 Å². The lowest BCUT2D eigenvalue weighted by Crippen LogP contribution is -2.00. The van der Waals surface area contributed by atoms with Gasteiger partial charge in [-0.2, -0.15) is 0 Å². The fourth-order valence-corrected chi connectivity index (χ4v) is 2.46. The number of anilines is 1. The minimum absolute atomic E-state index is 0.318. The first-order valence-electron chi connectivity index (χ1n) is 6.49. The zero-order valence-electron chi connectivity index (χ0n) is 10.5. The molecule has 19 heavy (non-hydrogen) atoms. The molecule has 1 nitrogen and oxygen atoms in total. The van der Waals surface area contributed by atoms with Crippen LogP contribution in [0.2, 0.25) is 5.02 Å². The van der Waals surface area contributed by atoms with Gasteiger partial charge in [0.05, 0.1) is 0 Å². The summed E-state index contributed by atoms with van der Waals surface area (Å²) in [6.45, 7) is 0.681. The lowest BCUT2D eigenvalue weighted by molar-refractivity contribution is 0.628. The number of hydrogen-bond acceptors (Lipinski definition) is 1. The monoisotopic (exact) mass is 275 g/mol. The molecule has 1 saturated carbocycles. The molecule has 0 aromatic heterocycles. The summed E-state index contributed by atoms with van der Waals surface area (Å²) in [7, 11) is 0. The van der Waals surface area contributed by atoms with Crippen LogP contribution in [0.15, 0.2) is 42.5 Å². The maximum absolute atomic E-state index is 13.2. The van der Waals surface area contributed by atoms with Crippen LogP contribution in [0, 0.1) is 5.82 Å². The molecular formula is C16H15ClFN. The van der Waals surface area contributed by atoms with E-state index in [1.165, 1.54) is 36.1 Å². The average Bonchev–Trinajstić information content (AvgIpc) is 3.20. The Labute approximate surface area is 117 Å². The molecular weight excluding hydrogens is 261 g/mol. The molecule has 3 rings (SSSR count). The van der Waals surface area contributed by atoms with Gasteiger partial charge in [-0.15, -0.1) is 0 Å². The number of benzene rings is 2. The average molecular weight is 276 g/mol. The van der Waals surface area contributed by atoms with Gasteiger partial charge in [0.2, 0.25) is 0 Å². The van der Waals surface area contributed by atoms with Crippen molar-refractivity contribution in [3.8, 4) is 0 Å². The van der Waals surface area contributed by atoms with Crippen LogP contribution >= 0.6 is 11.6 Å². The smallest absolute Gasteiger partial charge is 0.126 e. The zero-order valence-corrected chi connectivity index (χ0v) is 11.3. The molecule has 2 aromatic carbocycles. The van der Waals surface area contributed by atoms with Crippen LogP contribution in [-0.4, -0.2) is 0 Å². The fourth-order valence-electron chi connectivity index (χ4n) is 2.23. The van der Waals surface area contributed by atoms with Crippen molar-refractivity contribution in [1.82, 2.24) is 0 Å². The van der Waals surface area contributed by atoms with E-state index in [0.717, 1.165) is 5.92 Å². The molecule has 0 bridgehead atoms. The van der Waals surface area contributed by atoms with Crippen molar-refractivity contribution in [2.24, 2.45) is 0 Å². The van der Waals surface area contributed by atoms with Gasteiger partial charge in [-0.1, -0.05) is 35.9 Å². The highest BCUT2D eigenvalue weighted by molar-refractivity contribution is 6.30. The third-order valence-corrected chi connectivity index (χ3v) is 3.58. The minimum atomic E-state index is -0.318. The molecule has 0 atom stereocenters. The van der Waals surface area contributed by atoms with Gasteiger partial charge >= 0.3 is 0 Å². The molecule has 98 valence electrons. The Kier molecular flexibility index (Phi) is 3.43. The predicted octanol–water partition coefficient (Wildman–Crippen LogP) is 4.97. The summed E-state index contributed by atoms with van der Waals surface area (Å²) < 4.78 is 13.2. The molecule has 0 saturated heterocycles. The van der Waals surface area contributed by atoms with Gasteiger partial charge in [0, 0.05) is 17.3 Å². The number of hydrogen-bond donors (Lipinski definition) is 1. The molecule has 1 N–H and O–H groups in total. The Bertz CT molecular complexity index is 573. The Morgan fingerprint density at radius 1 is 1.16 bits per heavy atom. The summed E-state index contributed by atoms with van der Waals surface area (Å²) >= 11 is 5.83. The van der Waals surface area contributed by atoms with E-state index in [2.05, 4.69) is 29.6 Å². The maximum atomic E-state index is 13.2. The highest BCUT2D eigenvalue weighted by Gasteiger charge is 2.23. The lowest BCUT2D eigenvalue weighted by Gasteiger charge is -2.08. The van der Waals surface area contributed by atoms with E-state index in [9.17, 15) is 4.39 Å². The van der Waals surface area contributed by atoms with Gasteiger partial charge in [-0.05, 0) is 48.1 Å². The molecule has 0 heterocycles. The second-order valence-electron chi connectivity index (χ2n) is 5.03. The highest BCUT2D eigenvalue weighted by Crippen LogP contribution is 2.40. The van der Waals surface area contributed by atoms with Crippen LogP contribution in [0.25, 0.3) is 0 Å². The topological polar surface area (TPSA) is 12.0 Å². The van der Waals surface area contributed by atoms with E-state index in [4.69, 9.17) is 11.6 Å². The summed E-state index contributed by atoms with van der Waals surface area (Å²) in [5.41, 5.74) is 3.34. The summed E-state index contributed by atoms with van der Waals surface area (Å²) in [6.07, 6.45) is 2.60. The zero-order chi connectivity index (χ0) is 13.2.